The molecule has 0 radical (unpaired) electrons. The predicted molar refractivity (Wildman–Crippen MR) is 400 cm³/mol. The number of hydrazone groups is 6. The molecule has 92 heavy (non-hydrogen) atoms. The average molecular weight is 1260 g/mol. The van der Waals surface area contributed by atoms with Crippen molar-refractivity contribution in [2.45, 2.75) is 83.1 Å². The van der Waals surface area contributed by atoms with Crippen LogP contribution in [0.25, 0.3) is 0 Å². The van der Waals surface area contributed by atoms with Crippen molar-refractivity contribution in [3.8, 4) is 5.75 Å². The third-order valence-corrected chi connectivity index (χ3v) is 12.4. The Balaban J connectivity index is 0.000000537. The normalized spacial score (nSPS) is 10.5. The summed E-state index contributed by atoms with van der Waals surface area (Å²) in [5.41, 5.74) is 43.1. The van der Waals surface area contributed by atoms with Gasteiger partial charge in [-0.1, -0.05) is 89.0 Å². The van der Waals surface area contributed by atoms with Gasteiger partial charge in [0.25, 0.3) is 0 Å². The predicted octanol–water partition coefficient (Wildman–Crippen LogP) is 16.6. The van der Waals surface area contributed by atoms with Crippen molar-refractivity contribution in [2.75, 3.05) is 39.7 Å². The zero-order valence-electron chi connectivity index (χ0n) is 54.8. The van der Waals surface area contributed by atoms with Crippen LogP contribution in [0.5, 0.6) is 5.75 Å². The van der Waals surface area contributed by atoms with Gasteiger partial charge < -0.3 is 42.9 Å². The van der Waals surface area contributed by atoms with Gasteiger partial charge in [0.05, 0.1) is 84.2 Å². The summed E-state index contributed by atoms with van der Waals surface area (Å²) in [6.45, 7) is 24.4. The number of anilines is 6. The first-order valence-electron chi connectivity index (χ1n) is 28.6. The second kappa shape index (κ2) is 47.7. The van der Waals surface area contributed by atoms with E-state index in [9.17, 15) is 0 Å². The summed E-state index contributed by atoms with van der Waals surface area (Å²) < 4.78 is 5.07. The first-order valence-corrected chi connectivity index (χ1v) is 29.0. The topological polar surface area (TPSA) is 337 Å². The molecular formula is C70H89ClN20O. The molecule has 22 heteroatoms. The van der Waals surface area contributed by atoms with E-state index in [2.05, 4.69) is 133 Å². The lowest BCUT2D eigenvalue weighted by Crippen LogP contribution is -1.94. The average Bonchev–Trinajstić information content (AvgIpc) is 2.29. The Morgan fingerprint density at radius 3 is 1.08 bits per heavy atom. The number of nitrogens with two attached hydrogens (primary N) is 1. The maximum Gasteiger partial charge on any atom is 0.119 e. The van der Waals surface area contributed by atoms with Gasteiger partial charge in [-0.05, 0) is 212 Å². The van der Waals surface area contributed by atoms with E-state index in [-0.39, 0.29) is 0 Å². The fourth-order valence-electron chi connectivity index (χ4n) is 7.29. The molecule has 0 aromatic heterocycles. The Bertz CT molecular complexity index is 3520. The van der Waals surface area contributed by atoms with Crippen LogP contribution in [0.4, 0.5) is 39.8 Å². The van der Waals surface area contributed by atoms with Gasteiger partial charge in [-0.25, -0.2) is 0 Å². The SMILES string of the molecule is COc1ccc(N/N=C\C=N)c(C)c1.Cc1cc(C)c(N/N=C\C=N)cc1C.Cc1cc(Cl)ccc1N/N=C\C=N.Cc1ccc(N/N=C\C=N)c(C)c1.Cc1ccc(N/N=C\C=N)c(C)c1.Cc1ccc(N=CC=CN)c(C)c1.Cc1ccccc1N/N=C\C=N. The number of rotatable bonds is 21. The van der Waals surface area contributed by atoms with Crippen molar-refractivity contribution in [2.24, 2.45) is 41.3 Å². The van der Waals surface area contributed by atoms with Crippen molar-refractivity contribution in [1.29, 1.82) is 32.5 Å². The summed E-state index contributed by atoms with van der Waals surface area (Å²) in [7, 11) is 1.63. The molecule has 0 fully saturated rings. The van der Waals surface area contributed by atoms with Crippen LogP contribution in [0.15, 0.2) is 175 Å². The second-order valence-corrected chi connectivity index (χ2v) is 20.1. The zero-order valence-corrected chi connectivity index (χ0v) is 55.5. The van der Waals surface area contributed by atoms with Crippen molar-refractivity contribution >= 4 is 132 Å². The van der Waals surface area contributed by atoms with E-state index in [4.69, 9.17) is 54.5 Å². The van der Waals surface area contributed by atoms with Gasteiger partial charge in [0.1, 0.15) is 5.75 Å². The first kappa shape index (κ1) is 78.7. The highest BCUT2D eigenvalue weighted by molar-refractivity contribution is 6.30. The Hall–Kier alpha value is -11.3. The van der Waals surface area contributed by atoms with Crippen LogP contribution < -0.4 is 43.0 Å². The van der Waals surface area contributed by atoms with E-state index in [1.807, 2.05) is 139 Å². The van der Waals surface area contributed by atoms with Crippen molar-refractivity contribution in [1.82, 2.24) is 0 Å². The fourth-order valence-corrected chi connectivity index (χ4v) is 7.51. The summed E-state index contributed by atoms with van der Waals surface area (Å²) in [5, 5.41) is 64.1. The molecule has 0 spiro atoms. The molecule has 0 aliphatic carbocycles. The van der Waals surface area contributed by atoms with Crippen molar-refractivity contribution in [3.05, 3.63) is 211 Å². The van der Waals surface area contributed by atoms with Crippen LogP contribution in [0.3, 0.4) is 0 Å². The zero-order chi connectivity index (χ0) is 68.5. The number of aliphatic imine (C=N–C) groups is 1. The number of hydrogen-bond acceptors (Lipinski definition) is 21. The molecule has 0 saturated carbocycles. The van der Waals surface area contributed by atoms with Gasteiger partial charge in [-0.3, -0.25) is 37.5 Å². The van der Waals surface area contributed by atoms with Crippen molar-refractivity contribution < 1.29 is 4.74 Å². The van der Waals surface area contributed by atoms with Gasteiger partial charge in [0.2, 0.25) is 0 Å². The minimum atomic E-state index is 0.707. The minimum absolute atomic E-state index is 0.707. The standard InChI is InChI=1S/C11H15N3.C11H14N2.C10H13N3O.2C10H13N3.C9H10ClN3.C9H11N3/c1-8-6-10(3)11(7-9(8)2)14-13-5-4-12;1-9-4-5-11(10(2)8-9)13-7-3-6-12;1-8-7-9(14-2)3-4-10(8)13-12-6-5-11;2*1-8-3-4-10(9(2)7-8)13-12-6-5-11;1-7-6-8(10)2-3-9(7)13-12-5-4-11;1-8-4-2-3-5-9(8)12-11-7-6-10/h4-7,12,14H,1-3H3;3-8H,12H2,1-2H3;3-7,11,13H,1-2H3;2*3-7,11,13H,1-2H3;2-6,11,13H,1H3;2-7,10,12H,1H3/b12-4?,13-5-;;3*11-5?,12-6-;11-4?,12-5-;10-6?,11-7-. The molecule has 0 aliphatic heterocycles. The number of ether oxygens (including phenoxy) is 1. The largest absolute Gasteiger partial charge is 0.497 e. The lowest BCUT2D eigenvalue weighted by atomic mass is 10.1. The number of benzene rings is 7. The second-order valence-electron chi connectivity index (χ2n) is 19.6. The maximum atomic E-state index is 6.78. The first-order chi connectivity index (χ1) is 44.2. The number of allylic oxidation sites excluding steroid dienone is 1. The summed E-state index contributed by atoms with van der Waals surface area (Å²) in [6, 6.07) is 41.5. The maximum absolute atomic E-state index is 6.78. The third-order valence-electron chi connectivity index (χ3n) is 12.1. The third kappa shape index (κ3) is 34.3. The summed E-state index contributed by atoms with van der Waals surface area (Å²) in [6.07, 6.45) is 20.0. The number of nitrogens with one attached hydrogen (secondary N) is 12. The van der Waals surface area contributed by atoms with Gasteiger partial charge in [-0.2, -0.15) is 30.6 Å². The molecule has 0 atom stereocenters. The van der Waals surface area contributed by atoms with E-state index >= 15 is 0 Å². The van der Waals surface area contributed by atoms with Crippen molar-refractivity contribution in [3.63, 3.8) is 0 Å². The molecule has 0 bridgehead atoms. The van der Waals surface area contributed by atoms with Crippen LogP contribution in [0.2, 0.25) is 5.02 Å². The van der Waals surface area contributed by atoms with Crippen LogP contribution in [-0.2, 0) is 0 Å². The van der Waals surface area contributed by atoms with E-state index in [0.717, 1.165) is 116 Å². The van der Waals surface area contributed by atoms with E-state index < -0.39 is 0 Å². The molecule has 0 unspecified atom stereocenters. The number of methoxy groups -OCH3 is 1. The summed E-state index contributed by atoms with van der Waals surface area (Å²) >= 11 is 5.78. The Kier molecular flexibility index (Phi) is 40.8. The molecular weight excluding hydrogens is 1170 g/mol. The van der Waals surface area contributed by atoms with Gasteiger partial charge in [-0.15, -0.1) is 0 Å². The number of halogens is 1. The molecule has 7 aromatic rings. The lowest BCUT2D eigenvalue weighted by molar-refractivity contribution is 0.414. The number of para-hydroxylation sites is 1. The summed E-state index contributed by atoms with van der Waals surface area (Å²) in [5.74, 6) is 0.823. The van der Waals surface area contributed by atoms with Crippen LogP contribution in [0, 0.1) is 116 Å². The monoisotopic (exact) mass is 1260 g/mol. The molecule has 7 aromatic carbocycles. The Morgan fingerprint density at radius 1 is 0.348 bits per heavy atom. The number of aryl methyl sites for hydroxylation is 12. The minimum Gasteiger partial charge on any atom is -0.497 e. The molecule has 482 valence electrons. The molecule has 14 N–H and O–H groups in total. The fraction of sp³-hybridized carbons (Fsp3) is 0.186. The van der Waals surface area contributed by atoms with E-state index in [1.54, 1.807) is 25.5 Å². The lowest BCUT2D eigenvalue weighted by Gasteiger charge is -2.08. The van der Waals surface area contributed by atoms with Crippen LogP contribution in [0.1, 0.15) is 66.8 Å². The quantitative estimate of drug-likeness (QED) is 0.0242. The molecule has 0 aliphatic rings. The van der Waals surface area contributed by atoms with Crippen LogP contribution in [-0.4, -0.2) is 87.9 Å². The molecule has 7 rings (SSSR count). The number of hydrogen-bond donors (Lipinski definition) is 13. The summed E-state index contributed by atoms with van der Waals surface area (Å²) in [4.78, 5) is 4.24. The van der Waals surface area contributed by atoms with Gasteiger partial charge in [0, 0.05) is 48.5 Å². The van der Waals surface area contributed by atoms with E-state index in [1.165, 1.54) is 76.9 Å². The smallest absolute Gasteiger partial charge is 0.119 e. The number of nitrogens with zero attached hydrogens (tertiary/aromatic N) is 7. The highest BCUT2D eigenvalue weighted by Gasteiger charge is 2.02. The molecule has 0 saturated heterocycles. The van der Waals surface area contributed by atoms with Crippen LogP contribution >= 0.6 is 11.6 Å². The molecule has 0 heterocycles. The Morgan fingerprint density at radius 2 is 0.696 bits per heavy atom. The highest BCUT2D eigenvalue weighted by atomic mass is 35.5. The van der Waals surface area contributed by atoms with Gasteiger partial charge >= 0.3 is 0 Å². The molecule has 21 nitrogen and oxygen atoms in total. The Labute approximate surface area is 548 Å². The van der Waals surface area contributed by atoms with Gasteiger partial charge in [0.15, 0.2) is 0 Å². The highest BCUT2D eigenvalue weighted by Crippen LogP contribution is 2.23. The molecule has 0 amide bonds. The van der Waals surface area contributed by atoms with E-state index in [0.29, 0.717) is 5.02 Å².